The van der Waals surface area contributed by atoms with E-state index in [0.717, 1.165) is 10.9 Å². The van der Waals surface area contributed by atoms with Gasteiger partial charge in [-0.25, -0.2) is 0 Å². The summed E-state index contributed by atoms with van der Waals surface area (Å²) < 4.78 is 0. The van der Waals surface area contributed by atoms with Crippen molar-refractivity contribution in [2.45, 2.75) is 0 Å². The molecule has 4 aromatic rings. The van der Waals surface area contributed by atoms with Gasteiger partial charge in [-0.15, -0.1) is 0 Å². The van der Waals surface area contributed by atoms with E-state index in [1.165, 1.54) is 10.9 Å². The number of rotatable bonds is 0. The summed E-state index contributed by atoms with van der Waals surface area (Å²) in [6.07, 6.45) is 3.76. The third-order valence-electron chi connectivity index (χ3n) is 2.81. The van der Waals surface area contributed by atoms with Crippen LogP contribution >= 0.6 is 0 Å². The van der Waals surface area contributed by atoms with Crippen LogP contribution in [0.3, 0.4) is 0 Å². The van der Waals surface area contributed by atoms with Gasteiger partial charge in [0.1, 0.15) is 0 Å². The lowest BCUT2D eigenvalue weighted by Gasteiger charge is -1.83. The molecule has 2 N–H and O–H groups in total. The maximum absolute atomic E-state index is 3.88. The van der Waals surface area contributed by atoms with Gasteiger partial charge in [0.2, 0.25) is 0 Å². The van der Waals surface area contributed by atoms with Crippen LogP contribution in [0.5, 0.6) is 0 Å². The van der Waals surface area contributed by atoms with E-state index in [4.69, 9.17) is 0 Å². The normalized spacial score (nSPS) is 10.2. The van der Waals surface area contributed by atoms with Gasteiger partial charge in [0.05, 0.1) is 11.7 Å². The Morgan fingerprint density at radius 2 is 1.44 bits per heavy atom. The van der Waals surface area contributed by atoms with Crippen molar-refractivity contribution >= 4 is 21.8 Å². The Morgan fingerprint density at radius 1 is 0.722 bits per heavy atom. The monoisotopic (exact) mass is 235 g/mol. The molecule has 0 saturated heterocycles. The molecular formula is C15H13N3. The number of hydrogen-bond acceptors (Lipinski definition) is 1. The van der Waals surface area contributed by atoms with Gasteiger partial charge < -0.3 is 4.98 Å². The van der Waals surface area contributed by atoms with E-state index in [-0.39, 0.29) is 0 Å². The van der Waals surface area contributed by atoms with Gasteiger partial charge in [0.25, 0.3) is 0 Å². The fourth-order valence-electron chi connectivity index (χ4n) is 1.88. The molecule has 18 heavy (non-hydrogen) atoms. The van der Waals surface area contributed by atoms with Gasteiger partial charge >= 0.3 is 0 Å². The molecule has 4 rings (SSSR count). The van der Waals surface area contributed by atoms with Gasteiger partial charge in [-0.05, 0) is 23.6 Å². The van der Waals surface area contributed by atoms with Crippen LogP contribution in [-0.4, -0.2) is 15.2 Å². The lowest BCUT2D eigenvalue weighted by molar-refractivity contribution is 1.12. The van der Waals surface area contributed by atoms with Crippen LogP contribution in [0.2, 0.25) is 0 Å². The quantitative estimate of drug-likeness (QED) is 0.479. The van der Waals surface area contributed by atoms with Crippen molar-refractivity contribution in [3.8, 4) is 0 Å². The lowest BCUT2D eigenvalue weighted by Crippen LogP contribution is -1.63. The fourth-order valence-corrected chi connectivity index (χ4v) is 1.88. The maximum atomic E-state index is 3.88. The van der Waals surface area contributed by atoms with Crippen molar-refractivity contribution in [2.75, 3.05) is 0 Å². The van der Waals surface area contributed by atoms with Crippen LogP contribution in [0.15, 0.2) is 67.0 Å². The third kappa shape index (κ3) is 2.11. The molecule has 0 bridgehead atoms. The van der Waals surface area contributed by atoms with E-state index < -0.39 is 0 Å². The Bertz CT molecular complexity index is 626. The molecule has 2 aromatic carbocycles. The van der Waals surface area contributed by atoms with E-state index in [1.54, 1.807) is 0 Å². The first-order valence-electron chi connectivity index (χ1n) is 5.84. The number of para-hydroxylation sites is 2. The van der Waals surface area contributed by atoms with Crippen molar-refractivity contribution in [2.24, 2.45) is 0 Å². The SMILES string of the molecule is c1ccc2[nH]ccc2c1.c1ccc2[nH]ncc2c1. The van der Waals surface area contributed by atoms with Crippen LogP contribution in [-0.2, 0) is 0 Å². The summed E-state index contributed by atoms with van der Waals surface area (Å²) in [5.74, 6) is 0. The summed E-state index contributed by atoms with van der Waals surface area (Å²) in [4.78, 5) is 3.12. The zero-order valence-electron chi connectivity index (χ0n) is 9.80. The van der Waals surface area contributed by atoms with Crippen LogP contribution < -0.4 is 0 Å². The van der Waals surface area contributed by atoms with E-state index in [1.807, 2.05) is 48.8 Å². The minimum atomic E-state index is 1.09. The molecule has 0 fully saturated rings. The van der Waals surface area contributed by atoms with Crippen molar-refractivity contribution in [1.82, 2.24) is 15.2 Å². The minimum absolute atomic E-state index is 1.09. The second-order valence-corrected chi connectivity index (χ2v) is 4.02. The summed E-state index contributed by atoms with van der Waals surface area (Å²) in [7, 11) is 0. The summed E-state index contributed by atoms with van der Waals surface area (Å²) in [5.41, 5.74) is 2.30. The summed E-state index contributed by atoms with van der Waals surface area (Å²) >= 11 is 0. The van der Waals surface area contributed by atoms with Crippen LogP contribution in [0.4, 0.5) is 0 Å². The molecule has 0 atom stereocenters. The van der Waals surface area contributed by atoms with Gasteiger partial charge in [0.15, 0.2) is 0 Å². The molecule has 0 aliphatic rings. The fraction of sp³-hybridized carbons (Fsp3) is 0. The molecule has 3 nitrogen and oxygen atoms in total. The van der Waals surface area contributed by atoms with Crippen molar-refractivity contribution in [3.05, 3.63) is 67.0 Å². The maximum Gasteiger partial charge on any atom is 0.0650 e. The average Bonchev–Trinajstić information content (AvgIpc) is 3.08. The number of aromatic amines is 2. The molecule has 0 amide bonds. The van der Waals surface area contributed by atoms with Crippen molar-refractivity contribution in [1.29, 1.82) is 0 Å². The highest BCUT2D eigenvalue weighted by Crippen LogP contribution is 2.09. The first-order chi connectivity index (χ1) is 8.93. The standard InChI is InChI=1S/C8H7N.C7H6N2/c1-2-4-8-7(3-1)5-6-9-8;1-2-4-7-6(3-1)5-8-9-7/h1-6,9H;1-5H,(H,8,9). The molecule has 3 heteroatoms. The number of H-pyrrole nitrogens is 2. The van der Waals surface area contributed by atoms with E-state index in [0.29, 0.717) is 0 Å². The van der Waals surface area contributed by atoms with Gasteiger partial charge in [0, 0.05) is 17.1 Å². The molecule has 0 spiro atoms. The Balaban J connectivity index is 0.000000111. The summed E-state index contributed by atoms with van der Waals surface area (Å²) in [6.45, 7) is 0. The molecule has 0 aliphatic heterocycles. The molecule has 88 valence electrons. The lowest BCUT2D eigenvalue weighted by atomic mass is 10.3. The predicted molar refractivity (Wildman–Crippen MR) is 74.4 cm³/mol. The van der Waals surface area contributed by atoms with E-state index in [2.05, 4.69) is 33.4 Å². The highest BCUT2D eigenvalue weighted by molar-refractivity contribution is 5.78. The van der Waals surface area contributed by atoms with Gasteiger partial charge in [-0.1, -0.05) is 36.4 Å². The van der Waals surface area contributed by atoms with Crippen LogP contribution in [0.1, 0.15) is 0 Å². The third-order valence-corrected chi connectivity index (χ3v) is 2.81. The Labute approximate surface area is 104 Å². The number of hydrogen-bond donors (Lipinski definition) is 2. The first kappa shape index (κ1) is 10.6. The predicted octanol–water partition coefficient (Wildman–Crippen LogP) is 3.73. The number of fused-ring (bicyclic) bond motifs is 2. The largest absolute Gasteiger partial charge is 0.361 e. The number of benzene rings is 2. The van der Waals surface area contributed by atoms with Crippen LogP contribution in [0, 0.1) is 0 Å². The Kier molecular flexibility index (Phi) is 2.80. The second kappa shape index (κ2) is 4.75. The molecular weight excluding hydrogens is 222 g/mol. The smallest absolute Gasteiger partial charge is 0.0650 e. The van der Waals surface area contributed by atoms with Crippen molar-refractivity contribution < 1.29 is 0 Å². The van der Waals surface area contributed by atoms with E-state index >= 15 is 0 Å². The topological polar surface area (TPSA) is 44.5 Å². The zero-order chi connectivity index (χ0) is 12.2. The molecule has 0 saturated carbocycles. The molecule has 2 heterocycles. The number of nitrogens with zero attached hydrogens (tertiary/aromatic N) is 1. The summed E-state index contributed by atoms with van der Waals surface area (Å²) in [6, 6.07) is 18.3. The minimum Gasteiger partial charge on any atom is -0.361 e. The number of nitrogens with one attached hydrogen (secondary N) is 2. The highest BCUT2D eigenvalue weighted by Gasteiger charge is 1.88. The molecule has 2 aromatic heterocycles. The first-order valence-corrected chi connectivity index (χ1v) is 5.84. The van der Waals surface area contributed by atoms with Gasteiger partial charge in [-0.3, -0.25) is 5.10 Å². The molecule has 0 unspecified atom stereocenters. The number of aromatic nitrogens is 3. The molecule has 0 radical (unpaired) electrons. The van der Waals surface area contributed by atoms with Crippen molar-refractivity contribution in [3.63, 3.8) is 0 Å². The second-order valence-electron chi connectivity index (χ2n) is 4.02. The average molecular weight is 235 g/mol. The van der Waals surface area contributed by atoms with E-state index in [9.17, 15) is 0 Å². The zero-order valence-corrected chi connectivity index (χ0v) is 9.80. The molecule has 0 aliphatic carbocycles. The van der Waals surface area contributed by atoms with Crippen LogP contribution in [0.25, 0.3) is 21.8 Å². The summed E-state index contributed by atoms with van der Waals surface area (Å²) in [5, 5.41) is 9.19. The Hall–Kier alpha value is -2.55. The highest BCUT2D eigenvalue weighted by atomic mass is 15.1. The Morgan fingerprint density at radius 3 is 2.22 bits per heavy atom. The van der Waals surface area contributed by atoms with Gasteiger partial charge in [-0.2, -0.15) is 5.10 Å².